The maximum absolute atomic E-state index is 11.5. The monoisotopic (exact) mass is 356 g/mol. The number of carbonyl (C=O) groups is 2. The zero-order valence-electron chi connectivity index (χ0n) is 12.3. The third-order valence-corrected chi connectivity index (χ3v) is 3.48. The summed E-state index contributed by atoms with van der Waals surface area (Å²) >= 11 is 3.39. The molecule has 116 valence electrons. The normalized spacial score (nSPS) is 11.6. The van der Waals surface area contributed by atoms with Gasteiger partial charge in [0.2, 0.25) is 5.91 Å². The number of nitrogens with one attached hydrogen (secondary N) is 2. The molecule has 0 aliphatic rings. The van der Waals surface area contributed by atoms with E-state index in [1.807, 2.05) is 24.3 Å². The van der Waals surface area contributed by atoms with Crippen LogP contribution < -0.4 is 10.6 Å². The van der Waals surface area contributed by atoms with Crippen molar-refractivity contribution in [3.8, 4) is 0 Å². The van der Waals surface area contributed by atoms with Crippen LogP contribution in [-0.2, 0) is 14.3 Å². The second kappa shape index (κ2) is 9.39. The van der Waals surface area contributed by atoms with Gasteiger partial charge in [-0.15, -0.1) is 0 Å². The third-order valence-electron chi connectivity index (χ3n) is 2.96. The van der Waals surface area contributed by atoms with Crippen molar-refractivity contribution in [2.75, 3.05) is 19.0 Å². The third kappa shape index (κ3) is 7.13. The lowest BCUT2D eigenvalue weighted by molar-refractivity contribution is -0.145. The summed E-state index contributed by atoms with van der Waals surface area (Å²) in [7, 11) is 1.33. The molecule has 0 saturated heterocycles. The van der Waals surface area contributed by atoms with Gasteiger partial charge in [-0.05, 0) is 43.5 Å². The molecule has 0 radical (unpaired) electrons. The smallest absolute Gasteiger partial charge is 0.328 e. The molecule has 0 saturated carbocycles. The van der Waals surface area contributed by atoms with Gasteiger partial charge in [-0.25, -0.2) is 4.79 Å². The van der Waals surface area contributed by atoms with Crippen LogP contribution in [0.25, 0.3) is 0 Å². The molecular formula is C15H21BrN2O3. The van der Waals surface area contributed by atoms with Crippen LogP contribution >= 0.6 is 15.9 Å². The van der Waals surface area contributed by atoms with E-state index in [-0.39, 0.29) is 5.91 Å². The van der Waals surface area contributed by atoms with E-state index < -0.39 is 12.0 Å². The predicted molar refractivity (Wildman–Crippen MR) is 86.1 cm³/mol. The summed E-state index contributed by atoms with van der Waals surface area (Å²) in [5.41, 5.74) is 1.06. The molecule has 5 nitrogen and oxygen atoms in total. The number of methoxy groups -OCH3 is 1. The number of esters is 1. The van der Waals surface area contributed by atoms with Crippen molar-refractivity contribution in [2.24, 2.45) is 0 Å². The highest BCUT2D eigenvalue weighted by Crippen LogP contribution is 2.14. The van der Waals surface area contributed by atoms with Gasteiger partial charge in [-0.2, -0.15) is 0 Å². The summed E-state index contributed by atoms with van der Waals surface area (Å²) in [5.74, 6) is -0.621. The number of ether oxygens (including phenoxy) is 1. The van der Waals surface area contributed by atoms with Crippen LogP contribution in [0, 0.1) is 0 Å². The first kappa shape index (κ1) is 17.5. The number of hydrogen-bond acceptors (Lipinski definition) is 4. The Hall–Kier alpha value is -1.56. The molecule has 0 aliphatic heterocycles. The van der Waals surface area contributed by atoms with Crippen molar-refractivity contribution in [1.82, 2.24) is 5.32 Å². The van der Waals surface area contributed by atoms with Crippen LogP contribution in [-0.4, -0.2) is 31.6 Å². The van der Waals surface area contributed by atoms with Crippen LogP contribution in [0.1, 0.15) is 26.2 Å². The molecule has 1 rings (SSSR count). The van der Waals surface area contributed by atoms with Gasteiger partial charge in [-0.3, -0.25) is 4.79 Å². The summed E-state index contributed by atoms with van der Waals surface area (Å²) in [6.45, 7) is 2.21. The van der Waals surface area contributed by atoms with Gasteiger partial charge < -0.3 is 15.4 Å². The van der Waals surface area contributed by atoms with E-state index in [0.717, 1.165) is 29.5 Å². The molecule has 0 aliphatic carbocycles. The Labute approximate surface area is 133 Å². The molecule has 1 aromatic carbocycles. The molecular weight excluding hydrogens is 336 g/mol. The average Bonchev–Trinajstić information content (AvgIpc) is 2.46. The number of unbranched alkanes of at least 4 members (excludes halogenated alkanes) is 1. The van der Waals surface area contributed by atoms with E-state index in [0.29, 0.717) is 6.42 Å². The van der Waals surface area contributed by atoms with E-state index >= 15 is 0 Å². The van der Waals surface area contributed by atoms with Crippen molar-refractivity contribution in [3.05, 3.63) is 28.7 Å². The van der Waals surface area contributed by atoms with E-state index in [1.165, 1.54) is 14.0 Å². The minimum Gasteiger partial charge on any atom is -0.467 e. The summed E-state index contributed by atoms with van der Waals surface area (Å²) in [5, 5.41) is 5.91. The fraction of sp³-hybridized carbons (Fsp3) is 0.467. The summed E-state index contributed by atoms with van der Waals surface area (Å²) in [6, 6.07) is 7.40. The number of halogens is 1. The van der Waals surface area contributed by atoms with Crippen molar-refractivity contribution in [2.45, 2.75) is 32.2 Å². The highest BCUT2D eigenvalue weighted by Gasteiger charge is 2.19. The Morgan fingerprint density at radius 1 is 1.24 bits per heavy atom. The van der Waals surface area contributed by atoms with E-state index in [2.05, 4.69) is 31.3 Å². The Morgan fingerprint density at radius 2 is 1.90 bits per heavy atom. The molecule has 1 aromatic rings. The van der Waals surface area contributed by atoms with Crippen LogP contribution in [0.2, 0.25) is 0 Å². The van der Waals surface area contributed by atoms with Crippen LogP contribution in [0.15, 0.2) is 28.7 Å². The molecule has 0 bridgehead atoms. The predicted octanol–water partition coefficient (Wildman–Crippen LogP) is 2.71. The number of benzene rings is 1. The van der Waals surface area contributed by atoms with Gasteiger partial charge in [0.1, 0.15) is 6.04 Å². The molecule has 0 aromatic heterocycles. The van der Waals surface area contributed by atoms with Gasteiger partial charge in [-0.1, -0.05) is 15.9 Å². The Morgan fingerprint density at radius 3 is 2.48 bits per heavy atom. The minimum absolute atomic E-state index is 0.224. The van der Waals surface area contributed by atoms with E-state index in [1.54, 1.807) is 0 Å². The molecule has 0 fully saturated rings. The van der Waals surface area contributed by atoms with Gasteiger partial charge in [0, 0.05) is 23.6 Å². The molecule has 6 heteroatoms. The van der Waals surface area contributed by atoms with Crippen molar-refractivity contribution >= 4 is 33.5 Å². The Balaban J connectivity index is 2.26. The standard InChI is InChI=1S/C15H21BrN2O3/c1-11(19)18-14(15(20)21-2)5-3-4-10-17-13-8-6-12(16)7-9-13/h6-9,14,17H,3-5,10H2,1-2H3,(H,18,19)/t14-/m0/s1. The topological polar surface area (TPSA) is 67.4 Å². The zero-order chi connectivity index (χ0) is 15.7. The zero-order valence-corrected chi connectivity index (χ0v) is 13.9. The van der Waals surface area contributed by atoms with Gasteiger partial charge >= 0.3 is 5.97 Å². The highest BCUT2D eigenvalue weighted by atomic mass is 79.9. The summed E-state index contributed by atoms with van der Waals surface area (Å²) in [4.78, 5) is 22.5. The van der Waals surface area contributed by atoms with Crippen LogP contribution in [0.5, 0.6) is 0 Å². The molecule has 0 spiro atoms. The van der Waals surface area contributed by atoms with Gasteiger partial charge in [0.15, 0.2) is 0 Å². The lowest BCUT2D eigenvalue weighted by Gasteiger charge is -2.15. The maximum Gasteiger partial charge on any atom is 0.328 e. The van der Waals surface area contributed by atoms with Crippen molar-refractivity contribution < 1.29 is 14.3 Å². The number of rotatable bonds is 8. The SMILES string of the molecule is COC(=O)[C@H](CCCCNc1ccc(Br)cc1)NC(C)=O. The fourth-order valence-corrected chi connectivity index (χ4v) is 2.17. The lowest BCUT2D eigenvalue weighted by Crippen LogP contribution is -2.40. The number of carbonyl (C=O) groups excluding carboxylic acids is 2. The molecule has 2 N–H and O–H groups in total. The molecule has 1 amide bonds. The maximum atomic E-state index is 11.5. The molecule has 1 atom stereocenters. The van der Waals surface area contributed by atoms with E-state index in [9.17, 15) is 9.59 Å². The second-order valence-corrected chi connectivity index (χ2v) is 5.62. The Bertz CT molecular complexity index is 462. The second-order valence-electron chi connectivity index (χ2n) is 4.71. The fourth-order valence-electron chi connectivity index (χ4n) is 1.91. The number of hydrogen-bond donors (Lipinski definition) is 2. The first-order chi connectivity index (χ1) is 10.0. The summed E-state index contributed by atoms with van der Waals surface area (Å²) in [6.07, 6.45) is 2.31. The first-order valence-corrected chi connectivity index (χ1v) is 7.66. The van der Waals surface area contributed by atoms with E-state index in [4.69, 9.17) is 0 Å². The molecule has 21 heavy (non-hydrogen) atoms. The van der Waals surface area contributed by atoms with Gasteiger partial charge in [0.25, 0.3) is 0 Å². The average molecular weight is 357 g/mol. The molecule has 0 heterocycles. The minimum atomic E-state index is -0.555. The lowest BCUT2D eigenvalue weighted by atomic mass is 10.1. The number of amides is 1. The van der Waals surface area contributed by atoms with Crippen molar-refractivity contribution in [1.29, 1.82) is 0 Å². The summed E-state index contributed by atoms with van der Waals surface area (Å²) < 4.78 is 5.72. The quantitative estimate of drug-likeness (QED) is 0.555. The molecule has 0 unspecified atom stereocenters. The number of anilines is 1. The van der Waals surface area contributed by atoms with Crippen LogP contribution in [0.4, 0.5) is 5.69 Å². The van der Waals surface area contributed by atoms with Gasteiger partial charge in [0.05, 0.1) is 7.11 Å². The Kier molecular flexibility index (Phi) is 7.82. The first-order valence-electron chi connectivity index (χ1n) is 6.87. The largest absolute Gasteiger partial charge is 0.467 e. The highest BCUT2D eigenvalue weighted by molar-refractivity contribution is 9.10. The van der Waals surface area contributed by atoms with Crippen molar-refractivity contribution in [3.63, 3.8) is 0 Å². The van der Waals surface area contributed by atoms with Crippen LogP contribution in [0.3, 0.4) is 0 Å².